The van der Waals surface area contributed by atoms with Crippen LogP contribution in [-0.2, 0) is 21.2 Å². The summed E-state index contributed by atoms with van der Waals surface area (Å²) in [5.41, 5.74) is 1.55. The number of nitrogens with one attached hydrogen (secondary N) is 2. The lowest BCUT2D eigenvalue weighted by Gasteiger charge is -2.55. The SMILES string of the molecule is O=C(Nc1ccc(S(=O)(=O)NCCc2ccccc2)cc1)C12CC3CC(CC(C3)C1)C2. The van der Waals surface area contributed by atoms with Gasteiger partial charge in [-0.05, 0) is 92.5 Å². The molecule has 0 radical (unpaired) electrons. The highest BCUT2D eigenvalue weighted by Gasteiger charge is 2.54. The number of rotatable bonds is 7. The summed E-state index contributed by atoms with van der Waals surface area (Å²) < 4.78 is 27.8. The maximum absolute atomic E-state index is 13.2. The summed E-state index contributed by atoms with van der Waals surface area (Å²) in [5.74, 6) is 2.27. The van der Waals surface area contributed by atoms with Gasteiger partial charge in [-0.25, -0.2) is 13.1 Å². The Morgan fingerprint density at radius 1 is 0.871 bits per heavy atom. The maximum Gasteiger partial charge on any atom is 0.240 e. The average Bonchev–Trinajstić information content (AvgIpc) is 2.74. The van der Waals surface area contributed by atoms with Gasteiger partial charge in [-0.15, -0.1) is 0 Å². The Bertz CT molecular complexity index is 1010. The van der Waals surface area contributed by atoms with Crippen LogP contribution >= 0.6 is 0 Å². The van der Waals surface area contributed by atoms with Gasteiger partial charge in [-0.2, -0.15) is 0 Å². The zero-order valence-electron chi connectivity index (χ0n) is 17.7. The summed E-state index contributed by atoms with van der Waals surface area (Å²) in [6, 6.07) is 16.3. The maximum atomic E-state index is 13.2. The summed E-state index contributed by atoms with van der Waals surface area (Å²) in [7, 11) is -3.58. The van der Waals surface area contributed by atoms with E-state index in [0.29, 0.717) is 36.4 Å². The number of anilines is 1. The van der Waals surface area contributed by atoms with Crippen LogP contribution in [0.25, 0.3) is 0 Å². The lowest BCUT2D eigenvalue weighted by Crippen LogP contribution is -2.51. The number of carbonyl (C=O) groups excluding carboxylic acids is 1. The van der Waals surface area contributed by atoms with Crippen molar-refractivity contribution in [3.05, 3.63) is 60.2 Å². The van der Waals surface area contributed by atoms with E-state index < -0.39 is 10.0 Å². The number of hydrogen-bond acceptors (Lipinski definition) is 3. The molecule has 1 amide bonds. The Balaban J connectivity index is 1.20. The molecule has 31 heavy (non-hydrogen) atoms. The predicted octanol–water partition coefficient (Wildman–Crippen LogP) is 4.36. The normalized spacial score (nSPS) is 29.1. The molecule has 4 aliphatic carbocycles. The van der Waals surface area contributed by atoms with Crippen molar-refractivity contribution in [2.24, 2.45) is 23.2 Å². The fourth-order valence-electron chi connectivity index (χ4n) is 6.43. The second kappa shape index (κ2) is 8.06. The highest BCUT2D eigenvalue weighted by molar-refractivity contribution is 7.89. The van der Waals surface area contributed by atoms with Gasteiger partial charge in [-0.1, -0.05) is 30.3 Å². The standard InChI is InChI=1S/C25H30N2O3S/c28-24(25-15-19-12-20(16-25)14-21(13-19)17-25)27-22-6-8-23(9-7-22)31(29,30)26-11-10-18-4-2-1-3-5-18/h1-9,19-21,26H,10-17H2,(H,27,28). The average molecular weight is 439 g/mol. The van der Waals surface area contributed by atoms with Crippen LogP contribution in [0, 0.1) is 23.2 Å². The molecule has 6 rings (SSSR count). The van der Waals surface area contributed by atoms with Crippen LogP contribution in [0.1, 0.15) is 44.1 Å². The minimum Gasteiger partial charge on any atom is -0.326 e. The zero-order valence-corrected chi connectivity index (χ0v) is 18.5. The van der Waals surface area contributed by atoms with Crippen molar-refractivity contribution in [2.45, 2.75) is 49.8 Å². The lowest BCUT2D eigenvalue weighted by atomic mass is 9.49. The summed E-state index contributed by atoms with van der Waals surface area (Å²) >= 11 is 0. The molecule has 0 heterocycles. The van der Waals surface area contributed by atoms with Crippen LogP contribution in [0.3, 0.4) is 0 Å². The van der Waals surface area contributed by atoms with Crippen LogP contribution in [0.5, 0.6) is 0 Å². The van der Waals surface area contributed by atoms with Gasteiger partial charge in [-0.3, -0.25) is 4.79 Å². The predicted molar refractivity (Wildman–Crippen MR) is 121 cm³/mol. The van der Waals surface area contributed by atoms with Crippen molar-refractivity contribution in [2.75, 3.05) is 11.9 Å². The molecule has 5 nitrogen and oxygen atoms in total. The van der Waals surface area contributed by atoms with Crippen molar-refractivity contribution in [3.63, 3.8) is 0 Å². The van der Waals surface area contributed by atoms with E-state index >= 15 is 0 Å². The fraction of sp³-hybridized carbons (Fsp3) is 0.480. The quantitative estimate of drug-likeness (QED) is 0.674. The first kappa shape index (κ1) is 20.7. The third-order valence-corrected chi connectivity index (χ3v) is 8.97. The molecular weight excluding hydrogens is 408 g/mol. The monoisotopic (exact) mass is 438 g/mol. The van der Waals surface area contributed by atoms with Gasteiger partial charge in [0.1, 0.15) is 0 Å². The van der Waals surface area contributed by atoms with Gasteiger partial charge in [0.2, 0.25) is 15.9 Å². The molecule has 4 saturated carbocycles. The zero-order chi connectivity index (χ0) is 21.5. The number of amides is 1. The fourth-order valence-corrected chi connectivity index (χ4v) is 7.46. The molecule has 6 heteroatoms. The van der Waals surface area contributed by atoms with Crippen molar-refractivity contribution >= 4 is 21.6 Å². The Labute approximate surface area is 184 Å². The first-order valence-electron chi connectivity index (χ1n) is 11.4. The summed E-state index contributed by atoms with van der Waals surface area (Å²) in [6.45, 7) is 0.344. The smallest absolute Gasteiger partial charge is 0.240 e. The van der Waals surface area contributed by atoms with E-state index in [1.54, 1.807) is 24.3 Å². The molecule has 0 saturated heterocycles. The molecule has 0 aliphatic heterocycles. The second-order valence-electron chi connectivity index (χ2n) is 9.81. The van der Waals surface area contributed by atoms with Crippen LogP contribution in [0.15, 0.2) is 59.5 Å². The van der Waals surface area contributed by atoms with Crippen LogP contribution < -0.4 is 10.0 Å². The van der Waals surface area contributed by atoms with E-state index in [9.17, 15) is 13.2 Å². The van der Waals surface area contributed by atoms with Crippen LogP contribution in [0.4, 0.5) is 5.69 Å². The molecule has 4 bridgehead atoms. The van der Waals surface area contributed by atoms with E-state index in [0.717, 1.165) is 24.8 Å². The Morgan fingerprint density at radius 3 is 2.03 bits per heavy atom. The molecule has 164 valence electrons. The lowest BCUT2D eigenvalue weighted by molar-refractivity contribution is -0.140. The summed E-state index contributed by atoms with van der Waals surface area (Å²) in [4.78, 5) is 13.4. The summed E-state index contributed by atoms with van der Waals surface area (Å²) in [5, 5.41) is 3.09. The molecule has 0 unspecified atom stereocenters. The minimum atomic E-state index is -3.58. The van der Waals surface area contributed by atoms with Gasteiger partial charge >= 0.3 is 0 Å². The van der Waals surface area contributed by atoms with Crippen molar-refractivity contribution < 1.29 is 13.2 Å². The van der Waals surface area contributed by atoms with E-state index in [1.807, 2.05) is 30.3 Å². The molecule has 2 N–H and O–H groups in total. The van der Waals surface area contributed by atoms with Gasteiger partial charge in [0.15, 0.2) is 0 Å². The number of carbonyl (C=O) groups is 1. The van der Waals surface area contributed by atoms with E-state index in [2.05, 4.69) is 10.0 Å². The largest absolute Gasteiger partial charge is 0.326 e. The minimum absolute atomic E-state index is 0.128. The van der Waals surface area contributed by atoms with Crippen LogP contribution in [-0.4, -0.2) is 20.9 Å². The molecule has 4 aliphatic rings. The molecule has 0 aromatic heterocycles. The van der Waals surface area contributed by atoms with Gasteiger partial charge in [0.25, 0.3) is 0 Å². The second-order valence-corrected chi connectivity index (χ2v) is 11.6. The molecular formula is C25H30N2O3S. The van der Waals surface area contributed by atoms with Gasteiger partial charge < -0.3 is 5.32 Å². The molecule has 0 spiro atoms. The van der Waals surface area contributed by atoms with Gasteiger partial charge in [0.05, 0.1) is 10.3 Å². The third-order valence-electron chi connectivity index (χ3n) is 7.49. The number of sulfonamides is 1. The topological polar surface area (TPSA) is 75.3 Å². The Morgan fingerprint density at radius 2 is 1.45 bits per heavy atom. The Hall–Kier alpha value is -2.18. The Kier molecular flexibility index (Phi) is 5.39. The van der Waals surface area contributed by atoms with Crippen molar-refractivity contribution in [1.82, 2.24) is 4.72 Å². The molecule has 2 aromatic carbocycles. The number of benzene rings is 2. The molecule has 2 aromatic rings. The summed E-state index contributed by atoms with van der Waals surface area (Å²) in [6.07, 6.45) is 7.59. The first-order valence-corrected chi connectivity index (χ1v) is 12.9. The van der Waals surface area contributed by atoms with Crippen molar-refractivity contribution in [1.29, 1.82) is 0 Å². The first-order chi connectivity index (χ1) is 14.9. The molecule has 0 atom stereocenters. The third kappa shape index (κ3) is 4.28. The van der Waals surface area contributed by atoms with Gasteiger partial charge in [0, 0.05) is 12.2 Å². The highest BCUT2D eigenvalue weighted by Crippen LogP contribution is 2.60. The van der Waals surface area contributed by atoms with E-state index in [1.165, 1.54) is 19.3 Å². The number of hydrogen-bond donors (Lipinski definition) is 2. The van der Waals surface area contributed by atoms with E-state index in [-0.39, 0.29) is 16.2 Å². The highest BCUT2D eigenvalue weighted by atomic mass is 32.2. The van der Waals surface area contributed by atoms with Crippen LogP contribution in [0.2, 0.25) is 0 Å². The van der Waals surface area contributed by atoms with E-state index in [4.69, 9.17) is 0 Å². The molecule has 4 fully saturated rings. The van der Waals surface area contributed by atoms with Crippen molar-refractivity contribution in [3.8, 4) is 0 Å².